The first-order valence-electron chi connectivity index (χ1n) is 6.90. The fraction of sp³-hybridized carbons (Fsp3) is 0.533. The van der Waals surface area contributed by atoms with Gasteiger partial charge in [0.15, 0.2) is 12.6 Å². The van der Waals surface area contributed by atoms with Crippen LogP contribution < -0.4 is 5.73 Å². The van der Waals surface area contributed by atoms with Gasteiger partial charge in [0.2, 0.25) is 0 Å². The second-order valence-electron chi connectivity index (χ2n) is 4.85. The predicted molar refractivity (Wildman–Crippen MR) is 78.5 cm³/mol. The smallest absolute Gasteiger partial charge is 0.282 e. The van der Waals surface area contributed by atoms with Gasteiger partial charge in [-0.15, -0.1) is 0 Å². The third kappa shape index (κ3) is 4.70. The van der Waals surface area contributed by atoms with Crippen molar-refractivity contribution >= 4 is 6.02 Å². The molecule has 21 heavy (non-hydrogen) atoms. The Labute approximate surface area is 124 Å². The van der Waals surface area contributed by atoms with Crippen LogP contribution in [0.25, 0.3) is 0 Å². The van der Waals surface area contributed by atoms with E-state index in [0.29, 0.717) is 13.2 Å². The van der Waals surface area contributed by atoms with Crippen molar-refractivity contribution in [3.05, 3.63) is 35.9 Å². The zero-order valence-electron chi connectivity index (χ0n) is 12.4. The topological polar surface area (TPSA) is 75.3 Å². The summed E-state index contributed by atoms with van der Waals surface area (Å²) in [4.78, 5) is 4.24. The lowest BCUT2D eigenvalue weighted by molar-refractivity contribution is -0.192. The molecule has 6 heteroatoms. The van der Waals surface area contributed by atoms with Crippen LogP contribution in [0.5, 0.6) is 0 Å². The first kappa shape index (κ1) is 15.8. The Bertz CT molecular complexity index is 452. The summed E-state index contributed by atoms with van der Waals surface area (Å²) in [6.45, 7) is 0.894. The van der Waals surface area contributed by atoms with Crippen molar-refractivity contribution < 1.29 is 18.9 Å². The molecule has 1 aliphatic rings. The van der Waals surface area contributed by atoms with Crippen LogP contribution in [0, 0.1) is 5.92 Å². The minimum Gasteiger partial charge on any atom is -0.461 e. The lowest BCUT2D eigenvalue weighted by Gasteiger charge is -2.14. The van der Waals surface area contributed by atoms with E-state index in [0.717, 1.165) is 12.0 Å². The summed E-state index contributed by atoms with van der Waals surface area (Å²) in [5, 5.41) is 0. The Hall–Kier alpha value is -1.63. The molecule has 3 unspecified atom stereocenters. The normalized spacial score (nSPS) is 26.0. The van der Waals surface area contributed by atoms with Crippen LogP contribution in [0.1, 0.15) is 12.0 Å². The Morgan fingerprint density at radius 1 is 1.29 bits per heavy atom. The largest absolute Gasteiger partial charge is 0.461 e. The molecule has 0 aliphatic carbocycles. The first-order valence-corrected chi connectivity index (χ1v) is 6.90. The molecular formula is C15H22N2O4. The maximum Gasteiger partial charge on any atom is 0.282 e. The van der Waals surface area contributed by atoms with Gasteiger partial charge in [0.1, 0.15) is 6.61 Å². The molecule has 3 atom stereocenters. The molecule has 0 saturated carbocycles. The van der Waals surface area contributed by atoms with E-state index in [1.807, 2.05) is 30.3 Å². The standard InChI is InChI=1S/C15H22N2O4/c1-18-13-8-12(14(19-2)21-13)9-17-15(16)20-10-11-6-4-3-5-7-11/h3-7,12-14H,8-10H2,1-2H3,(H2,16,17). The average Bonchev–Trinajstić information content (AvgIpc) is 2.94. The molecule has 1 aliphatic heterocycles. The second-order valence-corrected chi connectivity index (χ2v) is 4.85. The maximum absolute atomic E-state index is 5.77. The van der Waals surface area contributed by atoms with Crippen LogP contribution in [0.4, 0.5) is 0 Å². The number of benzene rings is 1. The van der Waals surface area contributed by atoms with Crippen molar-refractivity contribution in [1.82, 2.24) is 0 Å². The highest BCUT2D eigenvalue weighted by molar-refractivity contribution is 5.71. The van der Waals surface area contributed by atoms with Crippen LogP contribution in [0.15, 0.2) is 35.3 Å². The SMILES string of the molecule is COC1CC(CN=C(N)OCc2ccccc2)C(OC)O1. The van der Waals surface area contributed by atoms with Gasteiger partial charge in [-0.25, -0.2) is 4.99 Å². The lowest BCUT2D eigenvalue weighted by Crippen LogP contribution is -2.23. The summed E-state index contributed by atoms with van der Waals surface area (Å²) in [5.41, 5.74) is 6.82. The van der Waals surface area contributed by atoms with E-state index in [1.54, 1.807) is 14.2 Å². The van der Waals surface area contributed by atoms with Gasteiger partial charge in [0, 0.05) is 26.6 Å². The summed E-state index contributed by atoms with van der Waals surface area (Å²) in [5.74, 6) is 0.110. The molecule has 1 aromatic carbocycles. The number of hydrogen-bond donors (Lipinski definition) is 1. The number of aliphatic imine (C=N–C) groups is 1. The van der Waals surface area contributed by atoms with Crippen LogP contribution in [-0.4, -0.2) is 39.4 Å². The lowest BCUT2D eigenvalue weighted by atomic mass is 10.1. The summed E-state index contributed by atoms with van der Waals surface area (Å²) >= 11 is 0. The van der Waals surface area contributed by atoms with Crippen molar-refractivity contribution in [2.45, 2.75) is 25.6 Å². The van der Waals surface area contributed by atoms with Crippen LogP contribution in [0.2, 0.25) is 0 Å². The van der Waals surface area contributed by atoms with Gasteiger partial charge in [0.05, 0.1) is 6.54 Å². The average molecular weight is 294 g/mol. The Morgan fingerprint density at radius 2 is 2.05 bits per heavy atom. The molecule has 0 bridgehead atoms. The van der Waals surface area contributed by atoms with Crippen LogP contribution >= 0.6 is 0 Å². The van der Waals surface area contributed by atoms with Gasteiger partial charge in [-0.3, -0.25) is 0 Å². The van der Waals surface area contributed by atoms with Crippen molar-refractivity contribution in [1.29, 1.82) is 0 Å². The third-order valence-electron chi connectivity index (χ3n) is 3.37. The van der Waals surface area contributed by atoms with Crippen molar-refractivity contribution in [3.63, 3.8) is 0 Å². The predicted octanol–water partition coefficient (Wildman–Crippen LogP) is 1.50. The van der Waals surface area contributed by atoms with Gasteiger partial charge in [0.25, 0.3) is 6.02 Å². The van der Waals surface area contributed by atoms with E-state index < -0.39 is 0 Å². The minimum atomic E-state index is -0.319. The molecule has 6 nitrogen and oxygen atoms in total. The monoisotopic (exact) mass is 294 g/mol. The van der Waals surface area contributed by atoms with Gasteiger partial charge < -0.3 is 24.7 Å². The van der Waals surface area contributed by atoms with Gasteiger partial charge >= 0.3 is 0 Å². The molecule has 1 fully saturated rings. The second kappa shape index (κ2) is 7.97. The highest BCUT2D eigenvalue weighted by atomic mass is 16.8. The maximum atomic E-state index is 5.77. The Morgan fingerprint density at radius 3 is 2.71 bits per heavy atom. The molecule has 0 spiro atoms. The van der Waals surface area contributed by atoms with E-state index in [4.69, 9.17) is 24.7 Å². The molecule has 116 valence electrons. The first-order chi connectivity index (χ1) is 10.2. The molecule has 2 rings (SSSR count). The van der Waals surface area contributed by atoms with Gasteiger partial charge in [-0.1, -0.05) is 30.3 Å². The van der Waals surface area contributed by atoms with E-state index in [1.165, 1.54) is 0 Å². The molecule has 1 saturated heterocycles. The van der Waals surface area contributed by atoms with Gasteiger partial charge in [-0.05, 0) is 5.56 Å². The molecule has 0 radical (unpaired) electrons. The molecule has 1 heterocycles. The number of amidine groups is 1. The van der Waals surface area contributed by atoms with Crippen molar-refractivity contribution in [2.75, 3.05) is 20.8 Å². The number of hydrogen-bond acceptors (Lipinski definition) is 5. The molecule has 2 N–H and O–H groups in total. The fourth-order valence-corrected chi connectivity index (χ4v) is 2.22. The summed E-state index contributed by atoms with van der Waals surface area (Å²) in [6.07, 6.45) is 0.159. The van der Waals surface area contributed by atoms with E-state index in [-0.39, 0.29) is 24.5 Å². The quantitative estimate of drug-likeness (QED) is 0.635. The molecule has 0 aromatic heterocycles. The minimum absolute atomic E-state index is 0.110. The number of nitrogens with zero attached hydrogens (tertiary/aromatic N) is 1. The van der Waals surface area contributed by atoms with E-state index in [2.05, 4.69) is 4.99 Å². The Balaban J connectivity index is 1.80. The fourth-order valence-electron chi connectivity index (χ4n) is 2.22. The Kier molecular flexibility index (Phi) is 5.98. The van der Waals surface area contributed by atoms with E-state index in [9.17, 15) is 0 Å². The number of ether oxygens (including phenoxy) is 4. The van der Waals surface area contributed by atoms with Crippen molar-refractivity contribution in [3.8, 4) is 0 Å². The molecule has 0 amide bonds. The molecule has 1 aromatic rings. The zero-order chi connectivity index (χ0) is 15.1. The van der Waals surface area contributed by atoms with Gasteiger partial charge in [-0.2, -0.15) is 0 Å². The highest BCUT2D eigenvalue weighted by Crippen LogP contribution is 2.27. The number of methoxy groups -OCH3 is 2. The third-order valence-corrected chi connectivity index (χ3v) is 3.37. The molecular weight excluding hydrogens is 272 g/mol. The summed E-state index contributed by atoms with van der Waals surface area (Å²) in [7, 11) is 3.22. The van der Waals surface area contributed by atoms with Crippen molar-refractivity contribution in [2.24, 2.45) is 16.6 Å². The summed E-state index contributed by atoms with van der Waals surface area (Å²) in [6, 6.07) is 9.99. The zero-order valence-corrected chi connectivity index (χ0v) is 12.4. The van der Waals surface area contributed by atoms with Crippen LogP contribution in [0.3, 0.4) is 0 Å². The van der Waals surface area contributed by atoms with Crippen LogP contribution in [-0.2, 0) is 25.6 Å². The summed E-state index contributed by atoms with van der Waals surface area (Å²) < 4.78 is 21.4. The number of rotatable bonds is 6. The van der Waals surface area contributed by atoms with E-state index >= 15 is 0 Å². The number of nitrogens with two attached hydrogens (primary N) is 1. The highest BCUT2D eigenvalue weighted by Gasteiger charge is 2.35.